The summed E-state index contributed by atoms with van der Waals surface area (Å²) < 4.78 is 1.69. The third kappa shape index (κ3) is 2.84. The second-order valence-electron chi connectivity index (χ2n) is 6.63. The zero-order valence-corrected chi connectivity index (χ0v) is 13.3. The van der Waals surface area contributed by atoms with E-state index in [1.165, 1.54) is 5.56 Å². The summed E-state index contributed by atoms with van der Waals surface area (Å²) in [6.07, 6.45) is 0.786. The van der Waals surface area contributed by atoms with Crippen LogP contribution in [0.5, 0.6) is 0 Å². The van der Waals surface area contributed by atoms with Crippen LogP contribution in [0.2, 0.25) is 0 Å². The van der Waals surface area contributed by atoms with E-state index in [0.717, 1.165) is 11.8 Å². The zero-order valence-electron chi connectivity index (χ0n) is 13.3. The molecule has 0 saturated heterocycles. The van der Waals surface area contributed by atoms with E-state index in [4.69, 9.17) is 5.73 Å². The van der Waals surface area contributed by atoms with E-state index in [-0.39, 0.29) is 11.5 Å². The fraction of sp³-hybridized carbons (Fsp3) is 0.412. The van der Waals surface area contributed by atoms with Gasteiger partial charge in [0, 0.05) is 11.6 Å². The highest BCUT2D eigenvalue weighted by atomic mass is 16.1. The van der Waals surface area contributed by atoms with Gasteiger partial charge in [0.2, 0.25) is 0 Å². The van der Waals surface area contributed by atoms with E-state index in [1.807, 2.05) is 26.0 Å². The molecule has 0 bridgehead atoms. The van der Waals surface area contributed by atoms with Crippen molar-refractivity contribution in [1.82, 2.24) is 9.78 Å². The number of carbonyl (C=O) groups is 1. The first kappa shape index (κ1) is 15.3. The molecule has 1 heterocycles. The van der Waals surface area contributed by atoms with E-state index < -0.39 is 0 Å². The Morgan fingerprint density at radius 3 is 2.19 bits per heavy atom. The zero-order chi connectivity index (χ0) is 15.8. The van der Waals surface area contributed by atoms with Crippen LogP contribution in [0.15, 0.2) is 24.3 Å². The predicted molar refractivity (Wildman–Crippen MR) is 86.5 cm³/mol. The largest absolute Gasteiger partial charge is 0.383 e. The summed E-state index contributed by atoms with van der Waals surface area (Å²) in [6, 6.07) is 8.27. The van der Waals surface area contributed by atoms with Crippen molar-refractivity contribution in [3.8, 4) is 11.3 Å². The monoisotopic (exact) mass is 285 g/mol. The number of benzene rings is 1. The van der Waals surface area contributed by atoms with Crippen molar-refractivity contribution in [2.24, 2.45) is 0 Å². The number of rotatable bonds is 3. The summed E-state index contributed by atoms with van der Waals surface area (Å²) in [5.41, 5.74) is 9.39. The maximum Gasteiger partial charge on any atom is 0.156 e. The van der Waals surface area contributed by atoms with Crippen LogP contribution in [0.3, 0.4) is 0 Å². The molecule has 2 rings (SSSR count). The maximum absolute atomic E-state index is 11.4. The molecule has 0 amide bonds. The first-order chi connectivity index (χ1) is 9.75. The lowest BCUT2D eigenvalue weighted by atomic mass is 9.86. The molecule has 0 spiro atoms. The summed E-state index contributed by atoms with van der Waals surface area (Å²) in [6.45, 7) is 10.5. The lowest BCUT2D eigenvalue weighted by Gasteiger charge is -2.18. The van der Waals surface area contributed by atoms with Crippen LogP contribution in [0.4, 0.5) is 5.82 Å². The van der Waals surface area contributed by atoms with Gasteiger partial charge in [-0.25, -0.2) is 4.68 Å². The van der Waals surface area contributed by atoms with Crippen LogP contribution < -0.4 is 5.73 Å². The Balaban J connectivity index is 2.52. The van der Waals surface area contributed by atoms with Gasteiger partial charge in [-0.3, -0.25) is 4.79 Å². The Kier molecular flexibility index (Phi) is 3.90. The van der Waals surface area contributed by atoms with Crippen molar-refractivity contribution >= 4 is 12.1 Å². The topological polar surface area (TPSA) is 60.9 Å². The number of carbonyl (C=O) groups excluding carboxylic acids is 1. The number of nitrogens with two attached hydrogens (primary N) is 1. The van der Waals surface area contributed by atoms with Crippen molar-refractivity contribution in [2.45, 2.75) is 46.1 Å². The molecule has 4 heteroatoms. The molecule has 0 atom stereocenters. The highest BCUT2D eigenvalue weighted by molar-refractivity contribution is 5.91. The molecule has 2 N–H and O–H groups in total. The van der Waals surface area contributed by atoms with Gasteiger partial charge in [-0.05, 0) is 24.8 Å². The lowest BCUT2D eigenvalue weighted by Crippen LogP contribution is -2.10. The van der Waals surface area contributed by atoms with Crippen LogP contribution >= 0.6 is 0 Å². The number of anilines is 1. The summed E-state index contributed by atoms with van der Waals surface area (Å²) in [5.74, 6) is 0.426. The molecule has 0 radical (unpaired) electrons. The number of aldehydes is 1. The number of hydrogen-bond acceptors (Lipinski definition) is 3. The number of nitrogens with zero attached hydrogens (tertiary/aromatic N) is 2. The Labute approximate surface area is 126 Å². The third-order valence-corrected chi connectivity index (χ3v) is 3.62. The Bertz CT molecular complexity index is 646. The minimum Gasteiger partial charge on any atom is -0.383 e. The molecular formula is C17H23N3O. The van der Waals surface area contributed by atoms with Crippen LogP contribution in [0.25, 0.3) is 11.3 Å². The molecule has 0 aliphatic heterocycles. The van der Waals surface area contributed by atoms with Gasteiger partial charge in [0.25, 0.3) is 0 Å². The second kappa shape index (κ2) is 5.35. The number of hydrogen-bond donors (Lipinski definition) is 1. The fourth-order valence-electron chi connectivity index (χ4n) is 2.31. The summed E-state index contributed by atoms with van der Waals surface area (Å²) in [5, 5.41) is 4.50. The van der Waals surface area contributed by atoms with E-state index in [0.29, 0.717) is 17.1 Å². The minimum atomic E-state index is 0.0995. The van der Waals surface area contributed by atoms with Gasteiger partial charge < -0.3 is 5.73 Å². The van der Waals surface area contributed by atoms with Crippen LogP contribution in [0, 0.1) is 0 Å². The summed E-state index contributed by atoms with van der Waals surface area (Å²) in [7, 11) is 0. The fourth-order valence-corrected chi connectivity index (χ4v) is 2.31. The predicted octanol–water partition coefficient (Wildman–Crippen LogP) is 3.82. The normalized spacial score (nSPS) is 11.9. The van der Waals surface area contributed by atoms with Gasteiger partial charge in [-0.2, -0.15) is 5.10 Å². The smallest absolute Gasteiger partial charge is 0.156 e. The third-order valence-electron chi connectivity index (χ3n) is 3.62. The Morgan fingerprint density at radius 1 is 1.19 bits per heavy atom. The molecule has 4 nitrogen and oxygen atoms in total. The molecule has 2 aromatic rings. The van der Waals surface area contributed by atoms with Crippen molar-refractivity contribution in [1.29, 1.82) is 0 Å². The van der Waals surface area contributed by atoms with E-state index in [9.17, 15) is 4.79 Å². The highest BCUT2D eigenvalue weighted by Crippen LogP contribution is 2.30. The van der Waals surface area contributed by atoms with Gasteiger partial charge >= 0.3 is 0 Å². The van der Waals surface area contributed by atoms with E-state index in [1.54, 1.807) is 4.68 Å². The van der Waals surface area contributed by atoms with Gasteiger partial charge in [0.05, 0.1) is 5.56 Å². The Morgan fingerprint density at radius 2 is 1.76 bits per heavy atom. The number of nitrogen functional groups attached to an aromatic ring is 1. The first-order valence-corrected chi connectivity index (χ1v) is 7.19. The molecule has 0 saturated carbocycles. The first-order valence-electron chi connectivity index (χ1n) is 7.19. The average molecular weight is 285 g/mol. The SMILES string of the molecule is CC(C)n1nc(-c2ccc(C(C)(C)C)cc2)c(C=O)c1N. The second-order valence-corrected chi connectivity index (χ2v) is 6.63. The molecular weight excluding hydrogens is 262 g/mol. The van der Waals surface area contributed by atoms with Crippen molar-refractivity contribution in [2.75, 3.05) is 5.73 Å². The maximum atomic E-state index is 11.4. The van der Waals surface area contributed by atoms with Gasteiger partial charge in [0.1, 0.15) is 11.5 Å². The molecule has 1 aromatic heterocycles. The van der Waals surface area contributed by atoms with Gasteiger partial charge in [0.15, 0.2) is 6.29 Å². The van der Waals surface area contributed by atoms with Gasteiger partial charge in [-0.1, -0.05) is 45.0 Å². The van der Waals surface area contributed by atoms with Gasteiger partial charge in [-0.15, -0.1) is 0 Å². The van der Waals surface area contributed by atoms with E-state index in [2.05, 4.69) is 38.0 Å². The molecule has 112 valence electrons. The molecule has 0 aliphatic carbocycles. The molecule has 0 fully saturated rings. The Hall–Kier alpha value is -2.10. The van der Waals surface area contributed by atoms with Crippen LogP contribution in [0.1, 0.15) is 56.6 Å². The quantitative estimate of drug-likeness (QED) is 0.872. The molecule has 1 aromatic carbocycles. The van der Waals surface area contributed by atoms with Crippen molar-refractivity contribution in [3.63, 3.8) is 0 Å². The average Bonchev–Trinajstić information content (AvgIpc) is 2.75. The standard InChI is InChI=1S/C17H23N3O/c1-11(2)20-16(18)14(10-21)15(19-20)12-6-8-13(9-7-12)17(3,4)5/h6-11H,18H2,1-5H3. The minimum absolute atomic E-state index is 0.0995. The van der Waals surface area contributed by atoms with Crippen LogP contribution in [-0.4, -0.2) is 16.1 Å². The summed E-state index contributed by atoms with van der Waals surface area (Å²) >= 11 is 0. The summed E-state index contributed by atoms with van der Waals surface area (Å²) in [4.78, 5) is 11.4. The molecule has 21 heavy (non-hydrogen) atoms. The van der Waals surface area contributed by atoms with Crippen molar-refractivity contribution < 1.29 is 4.79 Å². The highest BCUT2D eigenvalue weighted by Gasteiger charge is 2.19. The lowest BCUT2D eigenvalue weighted by molar-refractivity contribution is 0.112. The van der Waals surface area contributed by atoms with Crippen molar-refractivity contribution in [3.05, 3.63) is 35.4 Å². The number of aromatic nitrogens is 2. The molecule has 0 unspecified atom stereocenters. The molecule has 0 aliphatic rings. The van der Waals surface area contributed by atoms with E-state index >= 15 is 0 Å². The van der Waals surface area contributed by atoms with Crippen LogP contribution in [-0.2, 0) is 5.41 Å².